The van der Waals surface area contributed by atoms with Crippen LogP contribution in [-0.4, -0.2) is 24.2 Å². The average molecular weight is 272 g/mol. The number of anilines is 1. The maximum atomic E-state index is 10.5. The van der Waals surface area contributed by atoms with Crippen LogP contribution in [0.2, 0.25) is 10.0 Å². The molecule has 5 heteroatoms. The lowest BCUT2D eigenvalue weighted by atomic mass is 10.2. The highest BCUT2D eigenvalue weighted by molar-refractivity contribution is 6.35. The van der Waals surface area contributed by atoms with Crippen LogP contribution in [0.3, 0.4) is 0 Å². The summed E-state index contributed by atoms with van der Waals surface area (Å²) in [7, 11) is 0. The predicted octanol–water partition coefficient (Wildman–Crippen LogP) is 2.91. The zero-order valence-electron chi connectivity index (χ0n) is 8.99. The van der Waals surface area contributed by atoms with Gasteiger partial charge in [0.05, 0.1) is 13.0 Å². The third-order valence-electron chi connectivity index (χ3n) is 2.09. The van der Waals surface area contributed by atoms with Gasteiger partial charge in [0.1, 0.15) is 0 Å². The molecule has 90 valence electrons. The van der Waals surface area contributed by atoms with Crippen molar-refractivity contribution in [3.05, 3.63) is 28.2 Å². The van der Waals surface area contributed by atoms with Crippen molar-refractivity contribution in [2.75, 3.05) is 18.0 Å². The smallest absolute Gasteiger partial charge is 0.305 e. The molecule has 0 heterocycles. The van der Waals surface area contributed by atoms with Gasteiger partial charge in [-0.05, 0) is 18.2 Å². The Hall–Kier alpha value is -1.37. The molecule has 0 atom stereocenters. The van der Waals surface area contributed by atoms with E-state index in [1.165, 1.54) is 0 Å². The fraction of sp³-hybridized carbons (Fsp3) is 0.250. The summed E-state index contributed by atoms with van der Waals surface area (Å²) in [5.41, 5.74) is 0.724. The Labute approximate surface area is 110 Å². The van der Waals surface area contributed by atoms with Crippen molar-refractivity contribution >= 4 is 34.9 Å². The van der Waals surface area contributed by atoms with Gasteiger partial charge in [-0.3, -0.25) is 4.79 Å². The fourth-order valence-electron chi connectivity index (χ4n) is 1.36. The molecule has 0 saturated carbocycles. The van der Waals surface area contributed by atoms with Crippen molar-refractivity contribution in [2.45, 2.75) is 6.42 Å². The summed E-state index contributed by atoms with van der Waals surface area (Å²) < 4.78 is 0. The molecule has 1 aromatic carbocycles. The van der Waals surface area contributed by atoms with Crippen LogP contribution in [0.5, 0.6) is 0 Å². The first kappa shape index (κ1) is 13.7. The Kier molecular flexibility index (Phi) is 5.14. The van der Waals surface area contributed by atoms with Gasteiger partial charge in [0.25, 0.3) is 0 Å². The molecule has 1 aromatic rings. The second-order valence-electron chi connectivity index (χ2n) is 3.40. The molecular weight excluding hydrogens is 261 g/mol. The molecule has 0 saturated heterocycles. The van der Waals surface area contributed by atoms with Gasteiger partial charge in [-0.2, -0.15) is 0 Å². The van der Waals surface area contributed by atoms with Crippen LogP contribution in [0.1, 0.15) is 6.42 Å². The van der Waals surface area contributed by atoms with Crippen LogP contribution in [0.25, 0.3) is 0 Å². The summed E-state index contributed by atoms with van der Waals surface area (Å²) in [5.74, 6) is 1.60. The lowest BCUT2D eigenvalue weighted by molar-refractivity contribution is -0.136. The van der Waals surface area contributed by atoms with Gasteiger partial charge in [0.15, 0.2) is 0 Å². The minimum atomic E-state index is -0.875. The molecule has 0 unspecified atom stereocenters. The number of hydrogen-bond acceptors (Lipinski definition) is 2. The predicted molar refractivity (Wildman–Crippen MR) is 69.8 cm³/mol. The fourth-order valence-corrected chi connectivity index (χ4v) is 1.88. The quantitative estimate of drug-likeness (QED) is 0.838. The minimum absolute atomic E-state index is 0.00577. The van der Waals surface area contributed by atoms with Crippen molar-refractivity contribution in [1.29, 1.82) is 0 Å². The van der Waals surface area contributed by atoms with Crippen LogP contribution >= 0.6 is 23.2 Å². The molecule has 0 fully saturated rings. The Morgan fingerprint density at radius 1 is 1.35 bits per heavy atom. The zero-order chi connectivity index (χ0) is 12.8. The molecule has 1 rings (SSSR count). The van der Waals surface area contributed by atoms with E-state index in [0.717, 1.165) is 5.69 Å². The zero-order valence-corrected chi connectivity index (χ0v) is 10.5. The molecule has 0 aromatic heterocycles. The number of rotatable bonds is 5. The first-order valence-corrected chi connectivity index (χ1v) is 5.65. The lowest BCUT2D eigenvalue weighted by Crippen LogP contribution is -2.26. The van der Waals surface area contributed by atoms with E-state index in [1.807, 2.05) is 0 Å². The van der Waals surface area contributed by atoms with Gasteiger partial charge < -0.3 is 10.0 Å². The number of halogens is 2. The van der Waals surface area contributed by atoms with Crippen molar-refractivity contribution in [3.8, 4) is 12.3 Å². The minimum Gasteiger partial charge on any atom is -0.481 e. The normalized spacial score (nSPS) is 9.71. The van der Waals surface area contributed by atoms with Gasteiger partial charge in [-0.25, -0.2) is 0 Å². The summed E-state index contributed by atoms with van der Waals surface area (Å²) in [6.45, 7) is 0.625. The van der Waals surface area contributed by atoms with Gasteiger partial charge in [0.2, 0.25) is 0 Å². The Balaban J connectivity index is 2.89. The van der Waals surface area contributed by atoms with Crippen molar-refractivity contribution in [2.24, 2.45) is 0 Å². The van der Waals surface area contributed by atoms with E-state index >= 15 is 0 Å². The number of terminal acetylenes is 1. The van der Waals surface area contributed by atoms with Crippen LogP contribution in [-0.2, 0) is 4.79 Å². The largest absolute Gasteiger partial charge is 0.481 e. The summed E-state index contributed by atoms with van der Waals surface area (Å²) in [6.07, 6.45) is 5.25. The van der Waals surface area contributed by atoms with E-state index in [0.29, 0.717) is 23.1 Å². The molecule has 0 amide bonds. The number of carbonyl (C=O) groups is 1. The topological polar surface area (TPSA) is 40.5 Å². The Bertz CT molecular complexity index is 434. The number of benzene rings is 1. The number of carboxylic acids is 1. The molecule has 0 radical (unpaired) electrons. The van der Waals surface area contributed by atoms with Crippen LogP contribution in [0.15, 0.2) is 18.2 Å². The van der Waals surface area contributed by atoms with Gasteiger partial charge in [-0.1, -0.05) is 29.1 Å². The number of hydrogen-bond donors (Lipinski definition) is 1. The van der Waals surface area contributed by atoms with Crippen molar-refractivity contribution in [1.82, 2.24) is 0 Å². The molecule has 0 bridgehead atoms. The number of aliphatic carboxylic acids is 1. The van der Waals surface area contributed by atoms with Crippen molar-refractivity contribution in [3.63, 3.8) is 0 Å². The third kappa shape index (κ3) is 4.56. The Morgan fingerprint density at radius 3 is 2.41 bits per heavy atom. The Morgan fingerprint density at radius 2 is 1.94 bits per heavy atom. The molecular formula is C12H11Cl2NO2. The van der Waals surface area contributed by atoms with Gasteiger partial charge >= 0.3 is 5.97 Å². The first-order chi connectivity index (χ1) is 8.02. The van der Waals surface area contributed by atoms with E-state index in [9.17, 15) is 4.79 Å². The second kappa shape index (κ2) is 6.39. The number of carboxylic acid groups (broad SMARTS) is 1. The summed E-state index contributed by atoms with van der Waals surface area (Å²) in [6, 6.07) is 5.01. The highest BCUT2D eigenvalue weighted by Crippen LogP contribution is 2.25. The average Bonchev–Trinajstić information content (AvgIpc) is 2.22. The molecule has 0 aliphatic carbocycles. The van der Waals surface area contributed by atoms with Crippen LogP contribution in [0.4, 0.5) is 5.69 Å². The van der Waals surface area contributed by atoms with Crippen LogP contribution in [0, 0.1) is 12.3 Å². The molecule has 1 N–H and O–H groups in total. The third-order valence-corrected chi connectivity index (χ3v) is 2.53. The van der Waals surface area contributed by atoms with Gasteiger partial charge in [0, 0.05) is 22.3 Å². The molecule has 0 aliphatic heterocycles. The summed E-state index contributed by atoms with van der Waals surface area (Å²) in [4.78, 5) is 12.3. The highest BCUT2D eigenvalue weighted by Gasteiger charge is 2.09. The number of nitrogens with zero attached hydrogens (tertiary/aromatic N) is 1. The van der Waals surface area contributed by atoms with Gasteiger partial charge in [-0.15, -0.1) is 6.42 Å². The highest BCUT2D eigenvalue weighted by atomic mass is 35.5. The monoisotopic (exact) mass is 271 g/mol. The maximum Gasteiger partial charge on any atom is 0.305 e. The van der Waals surface area contributed by atoms with E-state index in [-0.39, 0.29) is 6.42 Å². The second-order valence-corrected chi connectivity index (χ2v) is 4.27. The first-order valence-electron chi connectivity index (χ1n) is 4.89. The van der Waals surface area contributed by atoms with E-state index in [4.69, 9.17) is 34.7 Å². The summed E-state index contributed by atoms with van der Waals surface area (Å²) in [5, 5.41) is 9.64. The summed E-state index contributed by atoms with van der Waals surface area (Å²) >= 11 is 11.8. The molecule has 0 spiro atoms. The molecule has 17 heavy (non-hydrogen) atoms. The van der Waals surface area contributed by atoms with E-state index in [2.05, 4.69) is 5.92 Å². The van der Waals surface area contributed by atoms with Crippen LogP contribution < -0.4 is 4.90 Å². The standard InChI is InChI=1S/C12H11Cl2NO2/c1-2-4-15(5-3-12(16)17)11-7-9(13)6-10(14)8-11/h1,6-8H,3-5H2,(H,16,17). The van der Waals surface area contributed by atoms with E-state index in [1.54, 1.807) is 23.1 Å². The maximum absolute atomic E-state index is 10.5. The lowest BCUT2D eigenvalue weighted by Gasteiger charge is -2.22. The molecule has 0 aliphatic rings. The SMILES string of the molecule is C#CCN(CCC(=O)O)c1cc(Cl)cc(Cl)c1. The van der Waals surface area contributed by atoms with E-state index < -0.39 is 5.97 Å². The van der Waals surface area contributed by atoms with Crippen molar-refractivity contribution < 1.29 is 9.90 Å². The molecule has 3 nitrogen and oxygen atoms in total.